The molecule has 0 spiro atoms. The van der Waals surface area contributed by atoms with Crippen molar-refractivity contribution in [1.29, 1.82) is 0 Å². The SMILES string of the molecule is CC(C)n1c(=O)c2cnc(Nc3ccc4c(c3)CCNC4)nc2n1-c1ccnc(C(C)(C)O)c1. The Bertz CT molecular complexity index is 1430. The number of nitrogens with one attached hydrogen (secondary N) is 2. The Labute approximate surface area is 197 Å². The number of hydrogen-bond acceptors (Lipinski definition) is 7. The predicted octanol–water partition coefficient (Wildman–Crippen LogP) is 3.17. The quantitative estimate of drug-likeness (QED) is 0.420. The number of aromatic nitrogens is 5. The van der Waals surface area contributed by atoms with E-state index in [1.54, 1.807) is 47.7 Å². The molecule has 0 bridgehead atoms. The first-order valence-corrected chi connectivity index (χ1v) is 11.5. The summed E-state index contributed by atoms with van der Waals surface area (Å²) in [6, 6.07) is 9.73. The smallest absolute Gasteiger partial charge is 0.278 e. The van der Waals surface area contributed by atoms with E-state index in [1.165, 1.54) is 11.1 Å². The summed E-state index contributed by atoms with van der Waals surface area (Å²) in [4.78, 5) is 26.7. The van der Waals surface area contributed by atoms with Crippen LogP contribution in [0.5, 0.6) is 0 Å². The number of nitrogens with zero attached hydrogens (tertiary/aromatic N) is 5. The van der Waals surface area contributed by atoms with E-state index in [-0.39, 0.29) is 11.6 Å². The molecule has 9 nitrogen and oxygen atoms in total. The predicted molar refractivity (Wildman–Crippen MR) is 132 cm³/mol. The standard InChI is InChI=1S/C25H29N7O2/c1-15(2)31-23(33)20-14-28-24(29-18-6-5-17-13-26-9-7-16(17)11-18)30-22(20)32(31)19-8-10-27-21(12-19)25(3,4)34/h5-6,8,10-12,14-15,26,34H,7,9,13H2,1-4H3,(H,28,29,30). The third-order valence-corrected chi connectivity index (χ3v) is 6.08. The van der Waals surface area contributed by atoms with Crippen molar-refractivity contribution in [2.24, 2.45) is 0 Å². The number of fused-ring (bicyclic) bond motifs is 2. The normalized spacial score (nSPS) is 13.9. The Kier molecular flexibility index (Phi) is 5.45. The van der Waals surface area contributed by atoms with Gasteiger partial charge in [0.1, 0.15) is 11.0 Å². The summed E-state index contributed by atoms with van der Waals surface area (Å²) in [5, 5.41) is 17.6. The van der Waals surface area contributed by atoms with Crippen LogP contribution in [-0.4, -0.2) is 36.0 Å². The molecule has 176 valence electrons. The van der Waals surface area contributed by atoms with E-state index in [9.17, 15) is 9.90 Å². The van der Waals surface area contributed by atoms with Crippen LogP contribution in [0.25, 0.3) is 16.7 Å². The van der Waals surface area contributed by atoms with E-state index in [0.29, 0.717) is 28.4 Å². The second-order valence-corrected chi connectivity index (χ2v) is 9.48. The summed E-state index contributed by atoms with van der Waals surface area (Å²) in [6.07, 6.45) is 4.18. The lowest BCUT2D eigenvalue weighted by molar-refractivity contribution is 0.0738. The molecule has 3 aromatic heterocycles. The molecule has 0 atom stereocenters. The summed E-state index contributed by atoms with van der Waals surface area (Å²) in [5.41, 5.74) is 3.92. The third kappa shape index (κ3) is 3.97. The molecule has 34 heavy (non-hydrogen) atoms. The largest absolute Gasteiger partial charge is 0.384 e. The Morgan fingerprint density at radius 3 is 2.74 bits per heavy atom. The van der Waals surface area contributed by atoms with Gasteiger partial charge in [-0.3, -0.25) is 9.78 Å². The lowest BCUT2D eigenvalue weighted by Crippen LogP contribution is -2.25. The molecule has 1 aliphatic rings. The van der Waals surface area contributed by atoms with Gasteiger partial charge in [-0.05, 0) is 76.1 Å². The lowest BCUT2D eigenvalue weighted by Gasteiger charge is -2.20. The lowest BCUT2D eigenvalue weighted by atomic mass is 10.0. The van der Waals surface area contributed by atoms with Gasteiger partial charge >= 0.3 is 0 Å². The molecule has 4 aromatic rings. The first kappa shape index (κ1) is 22.2. The fourth-order valence-electron chi connectivity index (χ4n) is 4.34. The highest BCUT2D eigenvalue weighted by molar-refractivity contribution is 5.77. The highest BCUT2D eigenvalue weighted by Gasteiger charge is 2.22. The van der Waals surface area contributed by atoms with Crippen molar-refractivity contribution < 1.29 is 5.11 Å². The molecule has 1 aliphatic heterocycles. The average molecular weight is 460 g/mol. The van der Waals surface area contributed by atoms with Crippen molar-refractivity contribution in [2.45, 2.75) is 52.3 Å². The molecule has 3 N–H and O–H groups in total. The molecule has 4 heterocycles. The van der Waals surface area contributed by atoms with Gasteiger partial charge in [0.2, 0.25) is 5.95 Å². The van der Waals surface area contributed by atoms with Crippen molar-refractivity contribution in [3.63, 3.8) is 0 Å². The van der Waals surface area contributed by atoms with Crippen LogP contribution in [0.3, 0.4) is 0 Å². The van der Waals surface area contributed by atoms with Crippen LogP contribution in [-0.2, 0) is 18.6 Å². The Balaban J connectivity index is 1.63. The van der Waals surface area contributed by atoms with Gasteiger partial charge in [0.05, 0.1) is 11.4 Å². The maximum absolute atomic E-state index is 13.2. The third-order valence-electron chi connectivity index (χ3n) is 6.08. The van der Waals surface area contributed by atoms with Crippen LogP contribution in [0.4, 0.5) is 11.6 Å². The van der Waals surface area contributed by atoms with E-state index in [4.69, 9.17) is 4.98 Å². The number of benzene rings is 1. The van der Waals surface area contributed by atoms with E-state index in [0.717, 1.165) is 25.2 Å². The molecule has 1 aromatic carbocycles. The van der Waals surface area contributed by atoms with Gasteiger partial charge in [-0.15, -0.1) is 0 Å². The second kappa shape index (κ2) is 8.34. The van der Waals surface area contributed by atoms with Gasteiger partial charge in [0, 0.05) is 30.7 Å². The molecule has 0 saturated heterocycles. The van der Waals surface area contributed by atoms with Gasteiger partial charge < -0.3 is 15.7 Å². The summed E-state index contributed by atoms with van der Waals surface area (Å²) in [5.74, 6) is 0.410. The minimum Gasteiger partial charge on any atom is -0.384 e. The van der Waals surface area contributed by atoms with Crippen LogP contribution >= 0.6 is 0 Å². The number of anilines is 2. The summed E-state index contributed by atoms with van der Waals surface area (Å²) >= 11 is 0. The highest BCUT2D eigenvalue weighted by Crippen LogP contribution is 2.25. The second-order valence-electron chi connectivity index (χ2n) is 9.48. The van der Waals surface area contributed by atoms with Gasteiger partial charge in [-0.2, -0.15) is 4.98 Å². The topological polar surface area (TPSA) is 110 Å². The van der Waals surface area contributed by atoms with Crippen molar-refractivity contribution in [2.75, 3.05) is 11.9 Å². The van der Waals surface area contributed by atoms with Crippen LogP contribution in [0, 0.1) is 0 Å². The number of pyridine rings is 1. The maximum atomic E-state index is 13.2. The molecule has 0 fully saturated rings. The van der Waals surface area contributed by atoms with Gasteiger partial charge in [0.15, 0.2) is 5.65 Å². The fourth-order valence-corrected chi connectivity index (χ4v) is 4.34. The zero-order valence-corrected chi connectivity index (χ0v) is 19.8. The first-order valence-electron chi connectivity index (χ1n) is 11.5. The van der Waals surface area contributed by atoms with Crippen LogP contribution in [0.1, 0.15) is 50.6 Å². The Morgan fingerprint density at radius 2 is 1.97 bits per heavy atom. The number of hydrogen-bond donors (Lipinski definition) is 3. The zero-order valence-electron chi connectivity index (χ0n) is 19.8. The molecule has 5 rings (SSSR count). The minimum atomic E-state index is -1.12. The monoisotopic (exact) mass is 459 g/mol. The van der Waals surface area contributed by atoms with E-state index in [2.05, 4.69) is 32.7 Å². The van der Waals surface area contributed by atoms with E-state index in [1.807, 2.05) is 19.9 Å². The van der Waals surface area contributed by atoms with Crippen molar-refractivity contribution in [1.82, 2.24) is 29.6 Å². The summed E-state index contributed by atoms with van der Waals surface area (Å²) < 4.78 is 3.43. The fraction of sp³-hybridized carbons (Fsp3) is 0.360. The maximum Gasteiger partial charge on any atom is 0.278 e. The molecule has 0 radical (unpaired) electrons. The Hall–Kier alpha value is -3.56. The van der Waals surface area contributed by atoms with Gasteiger partial charge in [-0.25, -0.2) is 14.3 Å². The van der Waals surface area contributed by atoms with Gasteiger partial charge in [0.25, 0.3) is 5.56 Å². The van der Waals surface area contributed by atoms with Crippen molar-refractivity contribution >= 4 is 22.7 Å². The minimum absolute atomic E-state index is 0.119. The molecule has 0 unspecified atom stereocenters. The summed E-state index contributed by atoms with van der Waals surface area (Å²) in [6.45, 7) is 9.10. The highest BCUT2D eigenvalue weighted by atomic mass is 16.3. The molecule has 0 amide bonds. The molecular formula is C25H29N7O2. The molecule has 0 saturated carbocycles. The molecule has 9 heteroatoms. The van der Waals surface area contributed by atoms with Crippen molar-refractivity contribution in [3.05, 3.63) is 69.9 Å². The Morgan fingerprint density at radius 1 is 1.15 bits per heavy atom. The van der Waals surface area contributed by atoms with E-state index < -0.39 is 5.60 Å². The van der Waals surface area contributed by atoms with Crippen LogP contribution < -0.4 is 16.2 Å². The summed E-state index contributed by atoms with van der Waals surface area (Å²) in [7, 11) is 0. The zero-order chi connectivity index (χ0) is 24.0. The molecular weight excluding hydrogens is 430 g/mol. The van der Waals surface area contributed by atoms with Crippen LogP contribution in [0.15, 0.2) is 47.5 Å². The number of rotatable bonds is 5. The van der Waals surface area contributed by atoms with Gasteiger partial charge in [-0.1, -0.05) is 6.07 Å². The molecule has 0 aliphatic carbocycles. The van der Waals surface area contributed by atoms with Crippen molar-refractivity contribution in [3.8, 4) is 5.69 Å². The van der Waals surface area contributed by atoms with E-state index >= 15 is 0 Å². The van der Waals surface area contributed by atoms with Crippen LogP contribution in [0.2, 0.25) is 0 Å². The number of aliphatic hydroxyl groups is 1. The first-order chi connectivity index (χ1) is 16.2. The average Bonchev–Trinajstić information content (AvgIpc) is 3.10.